The second kappa shape index (κ2) is 13.2. The van der Waals surface area contributed by atoms with Gasteiger partial charge >= 0.3 is 6.18 Å². The van der Waals surface area contributed by atoms with E-state index < -0.39 is 24.0 Å². The molecule has 3 aromatic rings. The fourth-order valence-corrected chi connectivity index (χ4v) is 4.20. The summed E-state index contributed by atoms with van der Waals surface area (Å²) in [5.74, 6) is 0.293. The molecule has 0 bridgehead atoms. The molecular weight excluding hydrogens is 512 g/mol. The minimum Gasteiger partial charge on any atom is -0.267 e. The van der Waals surface area contributed by atoms with Gasteiger partial charge in [-0.05, 0) is 50.8 Å². The van der Waals surface area contributed by atoms with E-state index in [1.807, 2.05) is 0 Å². The lowest BCUT2D eigenvalue weighted by atomic mass is 9.84. The maximum absolute atomic E-state index is 13.4. The molecule has 0 amide bonds. The number of nitrogens with zero attached hydrogens (tertiary/aromatic N) is 6. The summed E-state index contributed by atoms with van der Waals surface area (Å²) < 4.78 is 53.2. The average molecular weight is 543 g/mol. The molecule has 206 valence electrons. The Balaban J connectivity index is 0.000000459. The maximum Gasteiger partial charge on any atom is 0.435 e. The molecule has 0 spiro atoms. The Morgan fingerprint density at radius 1 is 1.10 bits per heavy atom. The van der Waals surface area contributed by atoms with Gasteiger partial charge in [-0.15, -0.1) is 0 Å². The molecule has 1 saturated carbocycles. The van der Waals surface area contributed by atoms with E-state index in [-0.39, 0.29) is 17.4 Å². The van der Waals surface area contributed by atoms with Crippen LogP contribution in [-0.4, -0.2) is 29.7 Å². The summed E-state index contributed by atoms with van der Waals surface area (Å²) in [6, 6.07) is 1.73. The van der Waals surface area contributed by atoms with Crippen LogP contribution in [-0.2, 0) is 12.7 Å². The van der Waals surface area contributed by atoms with Gasteiger partial charge in [0.2, 0.25) is 0 Å². The van der Waals surface area contributed by atoms with E-state index in [0.29, 0.717) is 28.2 Å². The molecule has 1 aliphatic rings. The second-order valence-electron chi connectivity index (χ2n) is 9.23. The van der Waals surface area contributed by atoms with E-state index in [4.69, 9.17) is 0 Å². The van der Waals surface area contributed by atoms with Crippen molar-refractivity contribution >= 4 is 0 Å². The Bertz CT molecular complexity index is 1390. The van der Waals surface area contributed by atoms with Crippen molar-refractivity contribution in [2.24, 2.45) is 0 Å². The van der Waals surface area contributed by atoms with Gasteiger partial charge in [0.1, 0.15) is 11.7 Å². The molecule has 4 rings (SSSR count). The third-order valence-electron chi connectivity index (χ3n) is 6.05. The largest absolute Gasteiger partial charge is 0.435 e. The summed E-state index contributed by atoms with van der Waals surface area (Å²) in [5, 5.41) is 4.34. The number of allylic oxidation sites excluding steroid dienone is 4. The average Bonchev–Trinajstić information content (AvgIpc) is 2.90. The lowest BCUT2D eigenvalue weighted by Gasteiger charge is -2.22. The number of hydrogen-bond donors (Lipinski definition) is 0. The lowest BCUT2D eigenvalue weighted by molar-refractivity contribution is -0.142. The van der Waals surface area contributed by atoms with E-state index >= 15 is 0 Å². The fourth-order valence-electron chi connectivity index (χ4n) is 4.20. The highest BCUT2D eigenvalue weighted by atomic mass is 19.4. The van der Waals surface area contributed by atoms with Crippen molar-refractivity contribution in [3.8, 4) is 11.3 Å². The fraction of sp³-hybridized carbons (Fsp3) is 0.357. The first-order chi connectivity index (χ1) is 18.5. The second-order valence-corrected chi connectivity index (χ2v) is 9.23. The quantitative estimate of drug-likeness (QED) is 0.261. The molecule has 0 aliphatic heterocycles. The van der Waals surface area contributed by atoms with E-state index in [1.165, 1.54) is 12.3 Å². The van der Waals surface area contributed by atoms with E-state index in [1.54, 1.807) is 32.3 Å². The van der Waals surface area contributed by atoms with Crippen LogP contribution in [0.15, 0.2) is 72.4 Å². The Morgan fingerprint density at radius 2 is 1.74 bits per heavy atom. The van der Waals surface area contributed by atoms with Gasteiger partial charge in [-0.1, -0.05) is 38.0 Å². The zero-order valence-electron chi connectivity index (χ0n) is 21.9. The zero-order chi connectivity index (χ0) is 28.6. The summed E-state index contributed by atoms with van der Waals surface area (Å²) in [6.45, 7) is 9.75. The number of aromatic nitrogens is 6. The van der Waals surface area contributed by atoms with E-state index in [0.717, 1.165) is 49.1 Å². The molecule has 0 N–H and O–H groups in total. The summed E-state index contributed by atoms with van der Waals surface area (Å²) in [7, 11) is 0. The predicted molar refractivity (Wildman–Crippen MR) is 140 cm³/mol. The van der Waals surface area contributed by atoms with E-state index in [9.17, 15) is 22.4 Å². The molecule has 1 fully saturated rings. The van der Waals surface area contributed by atoms with Gasteiger partial charge in [-0.2, -0.15) is 18.3 Å². The number of aryl methyl sites for hydroxylation is 1. The third-order valence-corrected chi connectivity index (χ3v) is 6.05. The van der Waals surface area contributed by atoms with Crippen molar-refractivity contribution in [3.63, 3.8) is 0 Å². The first kappa shape index (κ1) is 29.5. The number of hydrogen-bond acceptors (Lipinski definition) is 6. The molecule has 0 unspecified atom stereocenters. The molecule has 39 heavy (non-hydrogen) atoms. The molecular formula is C28H30F4N6O. The highest BCUT2D eigenvalue weighted by molar-refractivity contribution is 5.57. The van der Waals surface area contributed by atoms with Crippen molar-refractivity contribution in [2.75, 3.05) is 0 Å². The molecule has 0 radical (unpaired) electrons. The van der Waals surface area contributed by atoms with Gasteiger partial charge < -0.3 is 0 Å². The zero-order valence-corrected chi connectivity index (χ0v) is 21.9. The topological polar surface area (TPSA) is 86.5 Å². The number of rotatable bonds is 6. The van der Waals surface area contributed by atoms with Gasteiger partial charge in [-0.25, -0.2) is 24.0 Å². The van der Waals surface area contributed by atoms with Gasteiger partial charge in [-0.3, -0.25) is 9.78 Å². The van der Waals surface area contributed by atoms with Crippen molar-refractivity contribution < 1.29 is 17.6 Å². The molecule has 3 heterocycles. The Kier molecular flexibility index (Phi) is 9.97. The van der Waals surface area contributed by atoms with E-state index in [2.05, 4.69) is 38.2 Å². The monoisotopic (exact) mass is 542 g/mol. The predicted octanol–water partition coefficient (Wildman–Crippen LogP) is 6.52. The molecule has 3 aromatic heterocycles. The minimum absolute atomic E-state index is 0.0459. The van der Waals surface area contributed by atoms with Crippen LogP contribution in [0.4, 0.5) is 17.6 Å². The molecule has 0 saturated heterocycles. The van der Waals surface area contributed by atoms with Crippen LogP contribution in [0, 0.1) is 6.92 Å². The highest BCUT2D eigenvalue weighted by Gasteiger charge is 2.36. The Hall–Kier alpha value is -4.02. The highest BCUT2D eigenvalue weighted by Crippen LogP contribution is 2.33. The van der Waals surface area contributed by atoms with Crippen LogP contribution in [0.5, 0.6) is 0 Å². The van der Waals surface area contributed by atoms with Crippen molar-refractivity contribution in [1.29, 1.82) is 0 Å². The number of alkyl halides is 3. The van der Waals surface area contributed by atoms with Crippen LogP contribution in [0.3, 0.4) is 0 Å². The molecule has 0 atom stereocenters. The summed E-state index contributed by atoms with van der Waals surface area (Å²) in [6.07, 6.45) is 8.00. The molecule has 7 nitrogen and oxygen atoms in total. The Morgan fingerprint density at radius 3 is 2.31 bits per heavy atom. The normalized spacial score (nSPS) is 14.4. The molecule has 11 heteroatoms. The van der Waals surface area contributed by atoms with Crippen LogP contribution >= 0.6 is 0 Å². The van der Waals surface area contributed by atoms with Crippen LogP contribution in [0.1, 0.15) is 67.7 Å². The van der Waals surface area contributed by atoms with Crippen molar-refractivity contribution in [3.05, 3.63) is 101 Å². The van der Waals surface area contributed by atoms with Gasteiger partial charge in [0.05, 0.1) is 17.9 Å². The van der Waals surface area contributed by atoms with Gasteiger partial charge in [0.25, 0.3) is 5.56 Å². The smallest absolute Gasteiger partial charge is 0.267 e. The minimum atomic E-state index is -4.68. The first-order valence-corrected chi connectivity index (χ1v) is 12.4. The molecule has 1 aliphatic carbocycles. The molecule has 0 aromatic carbocycles. The van der Waals surface area contributed by atoms with Crippen molar-refractivity contribution in [2.45, 2.75) is 64.6 Å². The van der Waals surface area contributed by atoms with Crippen LogP contribution < -0.4 is 5.56 Å². The van der Waals surface area contributed by atoms with Crippen molar-refractivity contribution in [1.82, 2.24) is 29.7 Å². The first-order valence-electron chi connectivity index (χ1n) is 12.4. The van der Waals surface area contributed by atoms with Gasteiger partial charge in [0, 0.05) is 35.9 Å². The maximum atomic E-state index is 13.4. The van der Waals surface area contributed by atoms with Gasteiger partial charge in [0.15, 0.2) is 5.69 Å². The lowest BCUT2D eigenvalue weighted by Crippen LogP contribution is -2.30. The third kappa shape index (κ3) is 8.23. The summed E-state index contributed by atoms with van der Waals surface area (Å²) in [5.41, 5.74) is 0.417. The summed E-state index contributed by atoms with van der Waals surface area (Å²) in [4.78, 5) is 28.8. The van der Waals surface area contributed by atoms with Crippen LogP contribution in [0.2, 0.25) is 0 Å². The SMILES string of the molecule is C=C/C(F)=C\C(=C)C.Cc1ncc(-c2cc(C3CCCCC3)c(=O)n(Cc3nccnc3C(F)(F)F)n2)cn1. The van der Waals surface area contributed by atoms with Crippen LogP contribution in [0.25, 0.3) is 11.3 Å². The standard InChI is InChI=1S/C21H21F3N6O.C7H9F/c1-13-27-10-15(11-28-13)17-9-16(14-5-3-2-4-6-14)20(31)30(29-17)12-18-19(21(22,23)24)26-8-7-25-18;1-4-7(8)5-6(2)3/h7-11,14H,2-6,12H2,1H3;4-5H,1-2H2,3H3/b;7-5+. The number of halogens is 4. The Labute approximate surface area is 224 Å². The summed E-state index contributed by atoms with van der Waals surface area (Å²) >= 11 is 0.